The minimum absolute atomic E-state index is 0.0645. The second-order valence-corrected chi connectivity index (χ2v) is 10.0. The van der Waals surface area contributed by atoms with E-state index in [1.807, 2.05) is 36.4 Å². The first-order chi connectivity index (χ1) is 19.4. The molecule has 1 saturated heterocycles. The highest BCUT2D eigenvalue weighted by atomic mass is 16.6. The molecule has 1 aliphatic rings. The number of hydrogen-bond donors (Lipinski definition) is 2. The van der Waals surface area contributed by atoms with Crippen molar-refractivity contribution >= 4 is 28.6 Å². The predicted octanol–water partition coefficient (Wildman–Crippen LogP) is 3.17. The lowest BCUT2D eigenvalue weighted by Gasteiger charge is -2.32. The summed E-state index contributed by atoms with van der Waals surface area (Å²) in [5, 5.41) is 3.48. The van der Waals surface area contributed by atoms with Gasteiger partial charge >= 0.3 is 0 Å². The number of benzene rings is 2. The molecule has 40 heavy (non-hydrogen) atoms. The van der Waals surface area contributed by atoms with E-state index in [2.05, 4.69) is 56.7 Å². The summed E-state index contributed by atoms with van der Waals surface area (Å²) in [6.07, 6.45) is 4.85. The Morgan fingerprint density at radius 1 is 1.00 bits per heavy atom. The molecule has 1 amide bonds. The number of aromatic nitrogens is 3. The number of fused-ring (bicyclic) bond motifs is 1. The van der Waals surface area contributed by atoms with Crippen molar-refractivity contribution in [3.63, 3.8) is 0 Å². The number of nitrogens with zero attached hydrogens (tertiary/aromatic N) is 5. The lowest BCUT2D eigenvalue weighted by molar-refractivity contribution is 0.0536. The SMILES string of the molecule is CCc1ccc(-n2cc(C(=O)NOC)c(=O)c3cnc(Nc4ccc(CCN5CCN(C)CC5)cc4)nc32)cc1. The van der Waals surface area contributed by atoms with Gasteiger partial charge in [0.2, 0.25) is 11.4 Å². The Morgan fingerprint density at radius 3 is 2.38 bits per heavy atom. The summed E-state index contributed by atoms with van der Waals surface area (Å²) in [6.45, 7) is 7.60. The van der Waals surface area contributed by atoms with Crippen molar-refractivity contribution in [3.05, 3.63) is 87.8 Å². The van der Waals surface area contributed by atoms with E-state index in [4.69, 9.17) is 4.84 Å². The number of pyridine rings is 1. The zero-order valence-corrected chi connectivity index (χ0v) is 23.2. The average Bonchev–Trinajstić information content (AvgIpc) is 2.98. The average molecular weight is 542 g/mol. The molecule has 5 rings (SSSR count). The summed E-state index contributed by atoms with van der Waals surface area (Å²) < 4.78 is 1.73. The van der Waals surface area contributed by atoms with Crippen LogP contribution in [0.2, 0.25) is 0 Å². The van der Waals surface area contributed by atoms with Crippen LogP contribution in [0.4, 0.5) is 11.6 Å². The van der Waals surface area contributed by atoms with Gasteiger partial charge in [-0.3, -0.25) is 14.4 Å². The Balaban J connectivity index is 1.40. The summed E-state index contributed by atoms with van der Waals surface area (Å²) in [7, 11) is 3.49. The van der Waals surface area contributed by atoms with Crippen LogP contribution in [-0.2, 0) is 17.7 Å². The van der Waals surface area contributed by atoms with E-state index in [0.29, 0.717) is 11.6 Å². The number of carbonyl (C=O) groups is 1. The van der Waals surface area contributed by atoms with Crippen molar-refractivity contribution < 1.29 is 9.63 Å². The molecule has 2 aromatic carbocycles. The molecule has 0 bridgehead atoms. The van der Waals surface area contributed by atoms with Gasteiger partial charge in [0.15, 0.2) is 5.65 Å². The Labute approximate surface area is 233 Å². The second-order valence-electron chi connectivity index (χ2n) is 10.0. The van der Waals surface area contributed by atoms with Crippen LogP contribution in [0.5, 0.6) is 0 Å². The van der Waals surface area contributed by atoms with Crippen LogP contribution in [0.1, 0.15) is 28.4 Å². The predicted molar refractivity (Wildman–Crippen MR) is 156 cm³/mol. The van der Waals surface area contributed by atoms with Gasteiger partial charge in [0.05, 0.1) is 12.5 Å². The molecule has 4 aromatic rings. The molecule has 10 nitrogen and oxygen atoms in total. The molecule has 0 unspecified atom stereocenters. The largest absolute Gasteiger partial charge is 0.324 e. The van der Waals surface area contributed by atoms with Crippen LogP contribution in [0.25, 0.3) is 16.7 Å². The molecule has 10 heteroatoms. The second kappa shape index (κ2) is 12.4. The number of aryl methyl sites for hydroxylation is 1. The van der Waals surface area contributed by atoms with Crippen molar-refractivity contribution in [2.24, 2.45) is 0 Å². The van der Waals surface area contributed by atoms with Crippen LogP contribution < -0.4 is 16.2 Å². The molecule has 3 heterocycles. The van der Waals surface area contributed by atoms with E-state index in [1.165, 1.54) is 30.6 Å². The number of piperazine rings is 1. The number of hydroxylamine groups is 1. The van der Waals surface area contributed by atoms with Crippen molar-refractivity contribution in [1.82, 2.24) is 29.8 Å². The normalized spacial score (nSPS) is 14.4. The summed E-state index contributed by atoms with van der Waals surface area (Å²) in [6, 6.07) is 16.2. The van der Waals surface area contributed by atoms with E-state index >= 15 is 0 Å². The van der Waals surface area contributed by atoms with Gasteiger partial charge in [0.25, 0.3) is 5.91 Å². The minimum Gasteiger partial charge on any atom is -0.324 e. The molecule has 1 aliphatic heterocycles. The molecule has 208 valence electrons. The third-order valence-corrected chi connectivity index (χ3v) is 7.33. The molecule has 0 spiro atoms. The summed E-state index contributed by atoms with van der Waals surface area (Å²) in [5.74, 6) is -0.284. The highest BCUT2D eigenvalue weighted by Crippen LogP contribution is 2.20. The Morgan fingerprint density at radius 2 is 1.70 bits per heavy atom. The van der Waals surface area contributed by atoms with Crippen molar-refractivity contribution in [3.8, 4) is 5.69 Å². The van der Waals surface area contributed by atoms with Crippen LogP contribution in [0.3, 0.4) is 0 Å². The highest BCUT2D eigenvalue weighted by molar-refractivity contribution is 5.96. The van der Waals surface area contributed by atoms with Crippen LogP contribution >= 0.6 is 0 Å². The van der Waals surface area contributed by atoms with Crippen LogP contribution in [0.15, 0.2) is 65.7 Å². The van der Waals surface area contributed by atoms with Gasteiger partial charge in [-0.2, -0.15) is 4.98 Å². The topological polar surface area (TPSA) is 105 Å². The van der Waals surface area contributed by atoms with Gasteiger partial charge in [-0.05, 0) is 55.3 Å². The molecule has 0 aliphatic carbocycles. The third kappa shape index (κ3) is 6.20. The number of amides is 1. The molecule has 2 N–H and O–H groups in total. The minimum atomic E-state index is -0.636. The van der Waals surface area contributed by atoms with Crippen molar-refractivity contribution in [1.29, 1.82) is 0 Å². The van der Waals surface area contributed by atoms with Gasteiger partial charge in [-0.25, -0.2) is 10.5 Å². The lowest BCUT2D eigenvalue weighted by atomic mass is 10.1. The van der Waals surface area contributed by atoms with Gasteiger partial charge < -0.3 is 19.7 Å². The first-order valence-electron chi connectivity index (χ1n) is 13.6. The number of carbonyl (C=O) groups excluding carboxylic acids is 1. The number of anilines is 2. The standard InChI is InChI=1S/C30H35N7O3/c1-4-21-7-11-24(12-8-21)37-20-26(29(39)34-40-3)27(38)25-19-31-30(33-28(25)37)32-23-9-5-22(6-10-23)13-14-36-17-15-35(2)16-18-36/h5-12,19-20H,4,13-18H2,1-3H3,(H,34,39)(H,31,32,33). The van der Waals surface area contributed by atoms with E-state index in [0.717, 1.165) is 56.9 Å². The van der Waals surface area contributed by atoms with Crippen LogP contribution in [-0.4, -0.2) is 77.1 Å². The number of rotatable bonds is 9. The maximum absolute atomic E-state index is 13.2. The maximum atomic E-state index is 13.2. The molecular weight excluding hydrogens is 506 g/mol. The van der Waals surface area contributed by atoms with Crippen LogP contribution in [0, 0.1) is 0 Å². The van der Waals surface area contributed by atoms with Gasteiger partial charge in [0, 0.05) is 56.5 Å². The Bertz CT molecular complexity index is 1530. The number of nitrogens with one attached hydrogen (secondary N) is 2. The van der Waals surface area contributed by atoms with E-state index in [9.17, 15) is 9.59 Å². The molecule has 1 fully saturated rings. The molecule has 2 aromatic heterocycles. The smallest absolute Gasteiger partial charge is 0.280 e. The Hall–Kier alpha value is -4.12. The first-order valence-corrected chi connectivity index (χ1v) is 13.6. The zero-order valence-electron chi connectivity index (χ0n) is 23.2. The fourth-order valence-electron chi connectivity index (χ4n) is 4.81. The zero-order chi connectivity index (χ0) is 28.1. The summed E-state index contributed by atoms with van der Waals surface area (Å²) in [5.41, 5.74) is 6.15. The van der Waals surface area contributed by atoms with Crippen molar-refractivity contribution in [2.75, 3.05) is 52.2 Å². The molecule has 0 radical (unpaired) electrons. The monoisotopic (exact) mass is 541 g/mol. The lowest BCUT2D eigenvalue weighted by Crippen LogP contribution is -2.45. The van der Waals surface area contributed by atoms with Gasteiger partial charge in [-0.1, -0.05) is 31.2 Å². The third-order valence-electron chi connectivity index (χ3n) is 7.33. The molecular formula is C30H35N7O3. The Kier molecular flexibility index (Phi) is 8.49. The summed E-state index contributed by atoms with van der Waals surface area (Å²) in [4.78, 5) is 44.5. The van der Waals surface area contributed by atoms with Gasteiger partial charge in [0.1, 0.15) is 5.56 Å². The van der Waals surface area contributed by atoms with E-state index < -0.39 is 11.3 Å². The fraction of sp³-hybridized carbons (Fsp3) is 0.333. The highest BCUT2D eigenvalue weighted by Gasteiger charge is 2.18. The first kappa shape index (κ1) is 27.4. The van der Waals surface area contributed by atoms with E-state index in [1.54, 1.807) is 4.57 Å². The molecule has 0 saturated carbocycles. The fourth-order valence-corrected chi connectivity index (χ4v) is 4.81. The van der Waals surface area contributed by atoms with Crippen molar-refractivity contribution in [2.45, 2.75) is 19.8 Å². The quantitative estimate of drug-likeness (QED) is 0.312. The number of hydrogen-bond acceptors (Lipinski definition) is 8. The molecule has 0 atom stereocenters. The van der Waals surface area contributed by atoms with E-state index in [-0.39, 0.29) is 10.9 Å². The maximum Gasteiger partial charge on any atom is 0.280 e. The van der Waals surface area contributed by atoms with Gasteiger partial charge in [-0.15, -0.1) is 0 Å². The summed E-state index contributed by atoms with van der Waals surface area (Å²) >= 11 is 0. The number of likely N-dealkylation sites (N-methyl/N-ethyl adjacent to an activating group) is 1.